The van der Waals surface area contributed by atoms with Gasteiger partial charge in [-0.05, 0) is 64.7 Å². The van der Waals surface area contributed by atoms with Crippen LogP contribution in [0, 0.1) is 13.8 Å². The maximum absolute atomic E-state index is 11.4. The van der Waals surface area contributed by atoms with Gasteiger partial charge in [-0.2, -0.15) is 8.42 Å². The summed E-state index contributed by atoms with van der Waals surface area (Å²) >= 11 is 0. The van der Waals surface area contributed by atoms with Crippen molar-refractivity contribution in [2.75, 3.05) is 0 Å². The van der Waals surface area contributed by atoms with Gasteiger partial charge in [0.15, 0.2) is 0 Å². The highest BCUT2D eigenvalue weighted by Crippen LogP contribution is 2.30. The van der Waals surface area contributed by atoms with Crippen molar-refractivity contribution < 1.29 is 27.4 Å². The van der Waals surface area contributed by atoms with Crippen LogP contribution in [-0.2, 0) is 10.4 Å². The van der Waals surface area contributed by atoms with Crippen LogP contribution in [0.4, 0.5) is 0 Å². The van der Waals surface area contributed by atoms with Gasteiger partial charge in [0.25, 0.3) is 0 Å². The van der Waals surface area contributed by atoms with Gasteiger partial charge in [-0.15, -0.1) is 0 Å². The third-order valence-electron chi connectivity index (χ3n) is 3.76. The van der Waals surface area contributed by atoms with Gasteiger partial charge in [0.05, 0.1) is 5.56 Å². The summed E-state index contributed by atoms with van der Waals surface area (Å²) in [5, 5.41) is 13.4. The van der Waals surface area contributed by atoms with E-state index in [1.165, 1.54) is 0 Å². The molecule has 0 unspecified atom stereocenters. The molecule has 3 rings (SSSR count). The minimum Gasteiger partial charge on any atom is -0.478 e. The molecule has 0 heterocycles. The van der Waals surface area contributed by atoms with Crippen LogP contribution >= 0.6 is 0 Å². The predicted molar refractivity (Wildman–Crippen MR) is 92.1 cm³/mol. The second-order valence-electron chi connectivity index (χ2n) is 5.36. The van der Waals surface area contributed by atoms with E-state index in [2.05, 4.69) is 12.1 Å². The van der Waals surface area contributed by atoms with E-state index in [0.29, 0.717) is 5.56 Å². The summed E-state index contributed by atoms with van der Waals surface area (Å²) in [6.45, 7) is 3.99. The minimum atomic E-state index is -4.67. The fourth-order valence-electron chi connectivity index (χ4n) is 2.57. The Morgan fingerprint density at radius 1 is 0.917 bits per heavy atom. The van der Waals surface area contributed by atoms with Crippen LogP contribution in [0.1, 0.15) is 21.5 Å². The lowest BCUT2D eigenvalue weighted by atomic mass is 9.93. The first-order chi connectivity index (χ1) is 11.1. The topological polar surface area (TPSA) is 112 Å². The van der Waals surface area contributed by atoms with Crippen molar-refractivity contribution in [3.63, 3.8) is 0 Å². The molecule has 0 aliphatic carbocycles. The molecule has 126 valence electrons. The Morgan fingerprint density at radius 3 is 1.83 bits per heavy atom. The van der Waals surface area contributed by atoms with Crippen LogP contribution < -0.4 is 0 Å². The van der Waals surface area contributed by atoms with E-state index in [1.54, 1.807) is 6.07 Å². The number of aryl methyl sites for hydroxylation is 2. The number of carboxylic acids is 1. The molecule has 0 bridgehead atoms. The highest BCUT2D eigenvalue weighted by atomic mass is 32.3. The SMILES string of the molecule is Cc1cc(C(=O)O)c2cc3ccccc3cc2c1C.O=S(=O)(O)O. The van der Waals surface area contributed by atoms with E-state index >= 15 is 0 Å². The van der Waals surface area contributed by atoms with E-state index in [-0.39, 0.29) is 0 Å². The van der Waals surface area contributed by atoms with Crippen LogP contribution in [0.15, 0.2) is 42.5 Å². The van der Waals surface area contributed by atoms with Gasteiger partial charge in [-0.25, -0.2) is 4.79 Å². The van der Waals surface area contributed by atoms with Crippen molar-refractivity contribution in [3.8, 4) is 0 Å². The van der Waals surface area contributed by atoms with Gasteiger partial charge >= 0.3 is 16.4 Å². The monoisotopic (exact) mass is 348 g/mol. The zero-order valence-corrected chi connectivity index (χ0v) is 13.8. The second-order valence-corrected chi connectivity index (χ2v) is 6.26. The number of hydrogen-bond acceptors (Lipinski definition) is 3. The summed E-state index contributed by atoms with van der Waals surface area (Å²) in [6, 6.07) is 13.8. The molecule has 0 atom stereocenters. The minimum absolute atomic E-state index is 0.379. The molecule has 7 heteroatoms. The van der Waals surface area contributed by atoms with Gasteiger partial charge in [0, 0.05) is 0 Å². The van der Waals surface area contributed by atoms with Crippen molar-refractivity contribution >= 4 is 37.9 Å². The molecule has 0 aliphatic heterocycles. The summed E-state index contributed by atoms with van der Waals surface area (Å²) < 4.78 is 31.6. The molecule has 3 aromatic rings. The quantitative estimate of drug-likeness (QED) is 0.457. The Morgan fingerprint density at radius 2 is 1.38 bits per heavy atom. The van der Waals surface area contributed by atoms with Crippen molar-refractivity contribution in [2.45, 2.75) is 13.8 Å². The Bertz CT molecular complexity index is 1030. The number of rotatable bonds is 1. The zero-order valence-electron chi connectivity index (χ0n) is 13.0. The molecule has 0 amide bonds. The summed E-state index contributed by atoms with van der Waals surface area (Å²) in [6.07, 6.45) is 0. The first kappa shape index (κ1) is 17.9. The smallest absolute Gasteiger partial charge is 0.394 e. The Balaban J connectivity index is 0.000000368. The van der Waals surface area contributed by atoms with Crippen LogP contribution in [-0.4, -0.2) is 28.6 Å². The molecule has 0 aliphatic rings. The number of carbonyl (C=O) groups is 1. The third kappa shape index (κ3) is 4.08. The summed E-state index contributed by atoms with van der Waals surface area (Å²) in [7, 11) is -4.67. The second kappa shape index (κ2) is 6.56. The first-order valence-corrected chi connectivity index (χ1v) is 8.33. The fraction of sp³-hybridized carbons (Fsp3) is 0.118. The number of fused-ring (bicyclic) bond motifs is 2. The summed E-state index contributed by atoms with van der Waals surface area (Å²) in [5.41, 5.74) is 2.54. The van der Waals surface area contributed by atoms with Gasteiger partial charge in [-0.3, -0.25) is 9.11 Å². The fourth-order valence-corrected chi connectivity index (χ4v) is 2.57. The van der Waals surface area contributed by atoms with Gasteiger partial charge in [0.2, 0.25) is 0 Å². The van der Waals surface area contributed by atoms with Gasteiger partial charge in [-0.1, -0.05) is 24.3 Å². The molecule has 0 saturated carbocycles. The third-order valence-corrected chi connectivity index (χ3v) is 3.76. The Kier molecular flexibility index (Phi) is 4.88. The maximum Gasteiger partial charge on any atom is 0.394 e. The van der Waals surface area contributed by atoms with Crippen molar-refractivity contribution in [3.05, 3.63) is 59.2 Å². The van der Waals surface area contributed by atoms with E-state index in [9.17, 15) is 9.90 Å². The van der Waals surface area contributed by atoms with Crippen LogP contribution in [0.25, 0.3) is 21.5 Å². The molecular formula is C17H16O6S. The summed E-state index contributed by atoms with van der Waals surface area (Å²) in [4.78, 5) is 11.4. The highest BCUT2D eigenvalue weighted by Gasteiger charge is 2.13. The number of hydrogen-bond donors (Lipinski definition) is 3. The number of aromatic carboxylic acids is 1. The molecule has 6 nitrogen and oxygen atoms in total. The molecule has 0 fully saturated rings. The molecule has 0 aromatic heterocycles. The molecular weight excluding hydrogens is 332 g/mol. The van der Waals surface area contributed by atoms with Crippen molar-refractivity contribution in [2.24, 2.45) is 0 Å². The molecule has 0 saturated heterocycles. The molecule has 3 aromatic carbocycles. The average Bonchev–Trinajstić information content (AvgIpc) is 2.47. The molecule has 3 N–H and O–H groups in total. The lowest BCUT2D eigenvalue weighted by molar-refractivity contribution is 0.0699. The van der Waals surface area contributed by atoms with Crippen LogP contribution in [0.5, 0.6) is 0 Å². The predicted octanol–water partition coefficient (Wildman–Crippen LogP) is 3.66. The van der Waals surface area contributed by atoms with Crippen LogP contribution in [0.3, 0.4) is 0 Å². The largest absolute Gasteiger partial charge is 0.478 e. The summed E-state index contributed by atoms with van der Waals surface area (Å²) in [5.74, 6) is -0.872. The van der Waals surface area contributed by atoms with E-state index in [0.717, 1.165) is 32.7 Å². The van der Waals surface area contributed by atoms with Crippen molar-refractivity contribution in [1.29, 1.82) is 0 Å². The van der Waals surface area contributed by atoms with Crippen molar-refractivity contribution in [1.82, 2.24) is 0 Å². The van der Waals surface area contributed by atoms with E-state index < -0.39 is 16.4 Å². The normalized spacial score (nSPS) is 11.2. The molecule has 0 radical (unpaired) electrons. The zero-order chi connectivity index (χ0) is 18.1. The van der Waals surface area contributed by atoms with Crippen LogP contribution in [0.2, 0.25) is 0 Å². The van der Waals surface area contributed by atoms with Gasteiger partial charge < -0.3 is 5.11 Å². The average molecular weight is 348 g/mol. The first-order valence-electron chi connectivity index (χ1n) is 6.94. The highest BCUT2D eigenvalue weighted by molar-refractivity contribution is 7.79. The lowest BCUT2D eigenvalue weighted by Gasteiger charge is -2.11. The van der Waals surface area contributed by atoms with E-state index in [1.807, 2.05) is 38.1 Å². The van der Waals surface area contributed by atoms with Gasteiger partial charge in [0.1, 0.15) is 0 Å². The maximum atomic E-state index is 11.4. The Hall–Kier alpha value is -2.48. The molecule has 0 spiro atoms. The lowest BCUT2D eigenvalue weighted by Crippen LogP contribution is -2.00. The standard InChI is InChI=1S/C17H14O2.H2O4S/c1-10-7-16(17(18)19)15-9-13-6-4-3-5-12(13)8-14(15)11(10)2;1-5(2,3)4/h3-9H,1-2H3,(H,18,19);(H2,1,2,3,4). The number of carboxylic acid groups (broad SMARTS) is 1. The number of benzene rings is 3. The molecule has 24 heavy (non-hydrogen) atoms. The Labute approximate surface area is 138 Å². The van der Waals surface area contributed by atoms with E-state index in [4.69, 9.17) is 17.5 Å².